The third-order valence-electron chi connectivity index (χ3n) is 1.53. The standard InChI is InChI=1S/C10H13FO/c1-2-7-12-8-9-3-5-10(11)6-4-9/h3-6H,2,7-8H2,1H3. The lowest BCUT2D eigenvalue weighted by molar-refractivity contribution is 0.121. The Bertz CT molecular complexity index is 218. The van der Waals surface area contributed by atoms with Crippen LogP contribution in [0.25, 0.3) is 0 Å². The molecule has 0 aliphatic carbocycles. The van der Waals surface area contributed by atoms with Gasteiger partial charge < -0.3 is 4.74 Å². The summed E-state index contributed by atoms with van der Waals surface area (Å²) in [6, 6.07) is 6.38. The highest BCUT2D eigenvalue weighted by Gasteiger charge is 1.92. The van der Waals surface area contributed by atoms with Gasteiger partial charge in [-0.15, -0.1) is 0 Å². The maximum absolute atomic E-state index is 12.4. The van der Waals surface area contributed by atoms with Gasteiger partial charge in [0.1, 0.15) is 5.82 Å². The van der Waals surface area contributed by atoms with E-state index in [9.17, 15) is 4.39 Å². The summed E-state index contributed by atoms with van der Waals surface area (Å²) in [7, 11) is 0. The predicted molar refractivity (Wildman–Crippen MR) is 46.3 cm³/mol. The fraction of sp³-hybridized carbons (Fsp3) is 0.400. The van der Waals surface area contributed by atoms with Crippen molar-refractivity contribution in [2.75, 3.05) is 6.61 Å². The van der Waals surface area contributed by atoms with E-state index in [4.69, 9.17) is 4.74 Å². The normalized spacial score (nSPS) is 10.2. The molecule has 1 aromatic rings. The number of benzene rings is 1. The largest absolute Gasteiger partial charge is 0.377 e. The summed E-state index contributed by atoms with van der Waals surface area (Å²) in [5.74, 6) is -0.200. The second-order valence-corrected chi connectivity index (χ2v) is 2.68. The highest BCUT2D eigenvalue weighted by atomic mass is 19.1. The van der Waals surface area contributed by atoms with Crippen LogP contribution >= 0.6 is 0 Å². The molecule has 1 rings (SSSR count). The van der Waals surface area contributed by atoms with Crippen LogP contribution in [0.3, 0.4) is 0 Å². The van der Waals surface area contributed by atoms with E-state index in [2.05, 4.69) is 6.92 Å². The van der Waals surface area contributed by atoms with Crippen molar-refractivity contribution >= 4 is 0 Å². The van der Waals surface area contributed by atoms with Crippen molar-refractivity contribution in [1.29, 1.82) is 0 Å². The monoisotopic (exact) mass is 168 g/mol. The van der Waals surface area contributed by atoms with Gasteiger partial charge in [0.05, 0.1) is 6.61 Å². The number of halogens is 1. The lowest BCUT2D eigenvalue weighted by Gasteiger charge is -2.01. The summed E-state index contributed by atoms with van der Waals surface area (Å²) in [6.07, 6.45) is 1.02. The van der Waals surface area contributed by atoms with Crippen molar-refractivity contribution in [3.63, 3.8) is 0 Å². The summed E-state index contributed by atoms with van der Waals surface area (Å²) in [5.41, 5.74) is 1.02. The fourth-order valence-electron chi connectivity index (χ4n) is 0.915. The molecule has 0 bridgehead atoms. The Morgan fingerprint density at radius 3 is 2.50 bits per heavy atom. The smallest absolute Gasteiger partial charge is 0.123 e. The van der Waals surface area contributed by atoms with Gasteiger partial charge in [-0.05, 0) is 24.1 Å². The molecule has 0 unspecified atom stereocenters. The van der Waals surface area contributed by atoms with Crippen molar-refractivity contribution in [3.05, 3.63) is 35.6 Å². The summed E-state index contributed by atoms with van der Waals surface area (Å²) in [6.45, 7) is 3.40. The van der Waals surface area contributed by atoms with Gasteiger partial charge >= 0.3 is 0 Å². The first-order chi connectivity index (χ1) is 5.83. The Morgan fingerprint density at radius 2 is 1.92 bits per heavy atom. The van der Waals surface area contributed by atoms with E-state index in [1.165, 1.54) is 12.1 Å². The highest BCUT2D eigenvalue weighted by molar-refractivity contribution is 5.14. The van der Waals surface area contributed by atoms with Crippen LogP contribution in [0.1, 0.15) is 18.9 Å². The molecule has 2 heteroatoms. The molecular weight excluding hydrogens is 155 g/mol. The molecule has 0 atom stereocenters. The molecule has 0 saturated carbocycles. The van der Waals surface area contributed by atoms with E-state index >= 15 is 0 Å². The molecular formula is C10H13FO. The van der Waals surface area contributed by atoms with E-state index < -0.39 is 0 Å². The third kappa shape index (κ3) is 3.01. The number of hydrogen-bond donors (Lipinski definition) is 0. The Kier molecular flexibility index (Phi) is 3.74. The average molecular weight is 168 g/mol. The van der Waals surface area contributed by atoms with Crippen LogP contribution in [-0.4, -0.2) is 6.61 Å². The van der Waals surface area contributed by atoms with Gasteiger partial charge in [0.15, 0.2) is 0 Å². The molecule has 0 saturated heterocycles. The molecule has 0 N–H and O–H groups in total. The topological polar surface area (TPSA) is 9.23 Å². The lowest BCUT2D eigenvalue weighted by Crippen LogP contribution is -1.93. The van der Waals surface area contributed by atoms with Crippen molar-refractivity contribution < 1.29 is 9.13 Å². The van der Waals surface area contributed by atoms with Gasteiger partial charge in [0.2, 0.25) is 0 Å². The summed E-state index contributed by atoms with van der Waals surface area (Å²) >= 11 is 0. The predicted octanol–water partition coefficient (Wildman–Crippen LogP) is 2.75. The quantitative estimate of drug-likeness (QED) is 0.628. The SMILES string of the molecule is CCCOCc1ccc(F)cc1. The molecule has 0 spiro atoms. The first-order valence-corrected chi connectivity index (χ1v) is 4.15. The van der Waals surface area contributed by atoms with Crippen LogP contribution in [0.5, 0.6) is 0 Å². The van der Waals surface area contributed by atoms with Crippen LogP contribution in [0.15, 0.2) is 24.3 Å². The van der Waals surface area contributed by atoms with Crippen molar-refractivity contribution in [2.45, 2.75) is 20.0 Å². The van der Waals surface area contributed by atoms with E-state index in [0.29, 0.717) is 6.61 Å². The molecule has 1 nitrogen and oxygen atoms in total. The minimum atomic E-state index is -0.200. The van der Waals surface area contributed by atoms with E-state index in [0.717, 1.165) is 18.6 Å². The van der Waals surface area contributed by atoms with Gasteiger partial charge in [0, 0.05) is 6.61 Å². The van der Waals surface area contributed by atoms with E-state index in [-0.39, 0.29) is 5.82 Å². The first kappa shape index (κ1) is 9.20. The third-order valence-corrected chi connectivity index (χ3v) is 1.53. The Labute approximate surface area is 72.2 Å². The van der Waals surface area contributed by atoms with Gasteiger partial charge in [0.25, 0.3) is 0 Å². The average Bonchev–Trinajstić information content (AvgIpc) is 2.09. The maximum Gasteiger partial charge on any atom is 0.123 e. The highest BCUT2D eigenvalue weighted by Crippen LogP contribution is 2.03. The molecule has 0 heterocycles. The van der Waals surface area contributed by atoms with Crippen molar-refractivity contribution in [3.8, 4) is 0 Å². The van der Waals surface area contributed by atoms with Crippen LogP contribution in [0.4, 0.5) is 4.39 Å². The Hall–Kier alpha value is -0.890. The minimum Gasteiger partial charge on any atom is -0.377 e. The van der Waals surface area contributed by atoms with Crippen molar-refractivity contribution in [2.24, 2.45) is 0 Å². The lowest BCUT2D eigenvalue weighted by atomic mass is 10.2. The van der Waals surface area contributed by atoms with Crippen LogP contribution in [0, 0.1) is 5.82 Å². The zero-order valence-corrected chi connectivity index (χ0v) is 7.22. The summed E-state index contributed by atoms with van der Waals surface area (Å²) in [4.78, 5) is 0. The van der Waals surface area contributed by atoms with Gasteiger partial charge in [-0.3, -0.25) is 0 Å². The van der Waals surface area contributed by atoms with Crippen LogP contribution in [0.2, 0.25) is 0 Å². The molecule has 1 aromatic carbocycles. The number of rotatable bonds is 4. The van der Waals surface area contributed by atoms with E-state index in [1.807, 2.05) is 0 Å². The zero-order chi connectivity index (χ0) is 8.81. The van der Waals surface area contributed by atoms with Gasteiger partial charge in [-0.1, -0.05) is 19.1 Å². The second-order valence-electron chi connectivity index (χ2n) is 2.68. The fourth-order valence-corrected chi connectivity index (χ4v) is 0.915. The van der Waals surface area contributed by atoms with E-state index in [1.54, 1.807) is 12.1 Å². The number of ether oxygens (including phenoxy) is 1. The number of hydrogen-bond acceptors (Lipinski definition) is 1. The van der Waals surface area contributed by atoms with Gasteiger partial charge in [-0.2, -0.15) is 0 Å². The molecule has 0 fully saturated rings. The molecule has 0 aliphatic rings. The van der Waals surface area contributed by atoms with Crippen molar-refractivity contribution in [1.82, 2.24) is 0 Å². The molecule has 0 radical (unpaired) electrons. The van der Waals surface area contributed by atoms with Crippen LogP contribution in [-0.2, 0) is 11.3 Å². The molecule has 12 heavy (non-hydrogen) atoms. The Balaban J connectivity index is 2.37. The Morgan fingerprint density at radius 1 is 1.25 bits per heavy atom. The second kappa shape index (κ2) is 4.88. The summed E-state index contributed by atoms with van der Waals surface area (Å²) < 4.78 is 17.7. The minimum absolute atomic E-state index is 0.200. The molecule has 66 valence electrons. The molecule has 0 aromatic heterocycles. The molecule has 0 aliphatic heterocycles. The van der Waals surface area contributed by atoms with Gasteiger partial charge in [-0.25, -0.2) is 4.39 Å². The molecule has 0 amide bonds. The first-order valence-electron chi connectivity index (χ1n) is 4.15. The summed E-state index contributed by atoms with van der Waals surface area (Å²) in [5, 5.41) is 0. The maximum atomic E-state index is 12.4. The van der Waals surface area contributed by atoms with Crippen LogP contribution < -0.4 is 0 Å². The zero-order valence-electron chi connectivity index (χ0n) is 7.22.